The van der Waals surface area contributed by atoms with Crippen molar-refractivity contribution < 1.29 is 9.59 Å². The van der Waals surface area contributed by atoms with Gasteiger partial charge in [-0.25, -0.2) is 10.0 Å². The Balaban J connectivity index is 1.76. The van der Waals surface area contributed by atoms with Crippen LogP contribution in [0.15, 0.2) is 78.9 Å². The van der Waals surface area contributed by atoms with Crippen LogP contribution in [-0.2, 0) is 6.54 Å². The maximum atomic E-state index is 13.3. The van der Waals surface area contributed by atoms with Gasteiger partial charge in [-0.15, -0.1) is 0 Å². The molecule has 5 rings (SSSR count). The van der Waals surface area contributed by atoms with Crippen molar-refractivity contribution in [1.29, 1.82) is 0 Å². The van der Waals surface area contributed by atoms with Gasteiger partial charge in [0.2, 0.25) is 0 Å². The first-order valence-electron chi connectivity index (χ1n) is 8.63. The van der Waals surface area contributed by atoms with Crippen LogP contribution < -0.4 is 0 Å². The first-order valence-corrected chi connectivity index (χ1v) is 8.63. The topological polar surface area (TPSA) is 40.6 Å². The standard InChI is InChI=1S/C22H16N2O2/c25-21-19-13-7-6-12-18(19)20(15-8-2-1-3-9-15)24-22(26)17-11-5-4-10-16(17)14-23(21)24/h1-13,20H,14H2. The minimum atomic E-state index is -0.314. The fourth-order valence-electron chi connectivity index (χ4n) is 3.92. The van der Waals surface area contributed by atoms with Crippen LogP contribution in [0.2, 0.25) is 0 Å². The predicted molar refractivity (Wildman–Crippen MR) is 97.2 cm³/mol. The lowest BCUT2D eigenvalue weighted by molar-refractivity contribution is -0.0324. The van der Waals surface area contributed by atoms with Gasteiger partial charge in [-0.2, -0.15) is 0 Å². The molecule has 0 saturated carbocycles. The lowest BCUT2D eigenvalue weighted by atomic mass is 9.89. The molecule has 2 aliphatic rings. The van der Waals surface area contributed by atoms with E-state index in [2.05, 4.69) is 0 Å². The number of amides is 2. The molecule has 0 saturated heterocycles. The fraction of sp³-hybridized carbons (Fsp3) is 0.0909. The average Bonchev–Trinajstić information content (AvgIpc) is 2.70. The third kappa shape index (κ3) is 2.02. The Morgan fingerprint density at radius 2 is 1.35 bits per heavy atom. The van der Waals surface area contributed by atoms with Gasteiger partial charge in [-0.05, 0) is 28.8 Å². The van der Waals surface area contributed by atoms with Crippen LogP contribution >= 0.6 is 0 Å². The number of nitrogens with zero attached hydrogens (tertiary/aromatic N) is 2. The van der Waals surface area contributed by atoms with Gasteiger partial charge in [-0.3, -0.25) is 9.59 Å². The minimum absolute atomic E-state index is 0.129. The van der Waals surface area contributed by atoms with E-state index in [0.29, 0.717) is 17.7 Å². The van der Waals surface area contributed by atoms with Crippen LogP contribution in [0.4, 0.5) is 0 Å². The highest BCUT2D eigenvalue weighted by Gasteiger charge is 2.44. The number of hydrogen-bond donors (Lipinski definition) is 0. The van der Waals surface area contributed by atoms with E-state index < -0.39 is 0 Å². The van der Waals surface area contributed by atoms with Gasteiger partial charge in [-0.1, -0.05) is 66.7 Å². The number of fused-ring (bicyclic) bond motifs is 3. The molecule has 2 amide bonds. The molecule has 3 aromatic carbocycles. The van der Waals surface area contributed by atoms with Crippen molar-refractivity contribution in [3.63, 3.8) is 0 Å². The lowest BCUT2D eigenvalue weighted by Gasteiger charge is -2.47. The molecule has 0 radical (unpaired) electrons. The van der Waals surface area contributed by atoms with Crippen LogP contribution in [0, 0.1) is 0 Å². The fourth-order valence-corrected chi connectivity index (χ4v) is 3.92. The first kappa shape index (κ1) is 14.9. The lowest BCUT2D eigenvalue weighted by Crippen LogP contribution is -2.57. The number of carbonyl (C=O) groups excluding carboxylic acids is 2. The van der Waals surface area contributed by atoms with Gasteiger partial charge < -0.3 is 0 Å². The molecule has 0 fully saturated rings. The smallest absolute Gasteiger partial charge is 0.267 e. The zero-order chi connectivity index (χ0) is 17.7. The molecule has 0 bridgehead atoms. The van der Waals surface area contributed by atoms with E-state index in [9.17, 15) is 9.59 Å². The molecule has 0 spiro atoms. The van der Waals surface area contributed by atoms with E-state index >= 15 is 0 Å². The molecule has 2 heterocycles. The van der Waals surface area contributed by atoms with E-state index in [-0.39, 0.29) is 17.9 Å². The van der Waals surface area contributed by atoms with Gasteiger partial charge in [0.15, 0.2) is 0 Å². The Hall–Kier alpha value is -3.40. The quantitative estimate of drug-likeness (QED) is 0.676. The second kappa shape index (κ2) is 5.56. The molecule has 26 heavy (non-hydrogen) atoms. The Labute approximate surface area is 151 Å². The number of benzene rings is 3. The normalized spacial score (nSPS) is 18.2. The van der Waals surface area contributed by atoms with Crippen molar-refractivity contribution in [3.05, 3.63) is 107 Å². The molecule has 4 nitrogen and oxygen atoms in total. The van der Waals surface area contributed by atoms with E-state index in [0.717, 1.165) is 16.7 Å². The van der Waals surface area contributed by atoms with Crippen LogP contribution in [-0.4, -0.2) is 21.8 Å². The van der Waals surface area contributed by atoms with Crippen molar-refractivity contribution >= 4 is 11.8 Å². The van der Waals surface area contributed by atoms with Crippen molar-refractivity contribution in [2.75, 3.05) is 0 Å². The summed E-state index contributed by atoms with van der Waals surface area (Å²) in [7, 11) is 0. The monoisotopic (exact) mass is 340 g/mol. The van der Waals surface area contributed by atoms with Crippen LogP contribution in [0.1, 0.15) is 43.4 Å². The van der Waals surface area contributed by atoms with Crippen LogP contribution in [0.3, 0.4) is 0 Å². The molecule has 3 aromatic rings. The van der Waals surface area contributed by atoms with E-state index in [1.54, 1.807) is 10.0 Å². The van der Waals surface area contributed by atoms with E-state index in [1.165, 1.54) is 0 Å². The van der Waals surface area contributed by atoms with Crippen molar-refractivity contribution in [2.45, 2.75) is 12.6 Å². The SMILES string of the molecule is O=C1c2ccccc2C(c2ccccc2)N2C(=O)c3ccccc3CN12. The maximum absolute atomic E-state index is 13.3. The summed E-state index contributed by atoms with van der Waals surface area (Å²) in [6.07, 6.45) is 0. The molecule has 4 heteroatoms. The van der Waals surface area contributed by atoms with Crippen molar-refractivity contribution in [1.82, 2.24) is 10.0 Å². The summed E-state index contributed by atoms with van der Waals surface area (Å²) in [5.41, 5.74) is 4.06. The van der Waals surface area contributed by atoms with Gasteiger partial charge in [0.05, 0.1) is 6.54 Å². The number of hydrazine groups is 1. The third-order valence-electron chi connectivity index (χ3n) is 5.12. The number of rotatable bonds is 1. The summed E-state index contributed by atoms with van der Waals surface area (Å²) < 4.78 is 0. The summed E-state index contributed by atoms with van der Waals surface area (Å²) >= 11 is 0. The Morgan fingerprint density at radius 1 is 0.692 bits per heavy atom. The first-order chi connectivity index (χ1) is 12.8. The van der Waals surface area contributed by atoms with E-state index in [4.69, 9.17) is 0 Å². The largest absolute Gasteiger partial charge is 0.273 e. The van der Waals surface area contributed by atoms with Gasteiger partial charge in [0.25, 0.3) is 11.8 Å². The third-order valence-corrected chi connectivity index (χ3v) is 5.12. The van der Waals surface area contributed by atoms with E-state index in [1.807, 2.05) is 78.9 Å². The number of carbonyl (C=O) groups is 2. The Bertz CT molecular complexity index is 1030. The van der Waals surface area contributed by atoms with Gasteiger partial charge >= 0.3 is 0 Å². The number of hydrogen-bond acceptors (Lipinski definition) is 2. The molecule has 0 aromatic heterocycles. The molecular weight excluding hydrogens is 324 g/mol. The predicted octanol–water partition coefficient (Wildman–Crippen LogP) is 3.80. The summed E-state index contributed by atoms with van der Waals surface area (Å²) in [6, 6.07) is 24.6. The molecule has 0 aliphatic carbocycles. The molecule has 1 unspecified atom stereocenters. The highest BCUT2D eigenvalue weighted by atomic mass is 16.2. The van der Waals surface area contributed by atoms with Gasteiger partial charge in [0.1, 0.15) is 6.04 Å². The Morgan fingerprint density at radius 3 is 2.15 bits per heavy atom. The molecule has 0 N–H and O–H groups in total. The molecule has 126 valence electrons. The van der Waals surface area contributed by atoms with Crippen LogP contribution in [0.25, 0.3) is 0 Å². The summed E-state index contributed by atoms with van der Waals surface area (Å²) in [5.74, 6) is -0.265. The molecule has 2 aliphatic heterocycles. The van der Waals surface area contributed by atoms with Gasteiger partial charge in [0, 0.05) is 11.1 Å². The van der Waals surface area contributed by atoms with Crippen molar-refractivity contribution in [2.24, 2.45) is 0 Å². The highest BCUT2D eigenvalue weighted by molar-refractivity contribution is 6.04. The summed E-state index contributed by atoms with van der Waals surface area (Å²) in [5, 5.41) is 3.22. The van der Waals surface area contributed by atoms with Crippen LogP contribution in [0.5, 0.6) is 0 Å². The molecule has 1 atom stereocenters. The Kier molecular flexibility index (Phi) is 3.19. The average molecular weight is 340 g/mol. The second-order valence-corrected chi connectivity index (χ2v) is 6.57. The highest BCUT2D eigenvalue weighted by Crippen LogP contribution is 2.41. The zero-order valence-electron chi connectivity index (χ0n) is 14.0. The minimum Gasteiger partial charge on any atom is -0.267 e. The summed E-state index contributed by atoms with van der Waals surface area (Å²) in [4.78, 5) is 26.4. The maximum Gasteiger partial charge on any atom is 0.273 e. The molecular formula is C22H16N2O2. The second-order valence-electron chi connectivity index (χ2n) is 6.57. The summed E-state index contributed by atoms with van der Waals surface area (Å²) in [6.45, 7) is 0.401. The zero-order valence-corrected chi connectivity index (χ0v) is 14.0. The van der Waals surface area contributed by atoms with Crippen molar-refractivity contribution in [3.8, 4) is 0 Å².